The van der Waals surface area contributed by atoms with Gasteiger partial charge in [0.1, 0.15) is 21.3 Å². The van der Waals surface area contributed by atoms with E-state index in [1.807, 2.05) is 24.3 Å². The Morgan fingerprint density at radius 1 is 1.28 bits per heavy atom. The molecular formula is C17H21N3O4S. The van der Waals surface area contributed by atoms with Crippen molar-refractivity contribution in [3.8, 4) is 17.0 Å². The number of para-hydroxylation sites is 1. The van der Waals surface area contributed by atoms with Gasteiger partial charge in [0.2, 0.25) is 0 Å². The van der Waals surface area contributed by atoms with Crippen LogP contribution in [0.4, 0.5) is 0 Å². The number of rotatable bonds is 4. The molecule has 0 aliphatic carbocycles. The molecule has 8 heteroatoms. The summed E-state index contributed by atoms with van der Waals surface area (Å²) in [7, 11) is -1.46. The Morgan fingerprint density at radius 2 is 1.96 bits per heavy atom. The summed E-state index contributed by atoms with van der Waals surface area (Å²) in [6.45, 7) is 0.860. The van der Waals surface area contributed by atoms with Gasteiger partial charge in [-0.1, -0.05) is 12.1 Å². The first kappa shape index (κ1) is 17.5. The van der Waals surface area contributed by atoms with Crippen molar-refractivity contribution >= 4 is 15.7 Å². The molecule has 1 fully saturated rings. The molecule has 0 bridgehead atoms. The molecule has 2 heterocycles. The average Bonchev–Trinajstić information content (AvgIpc) is 3.10. The second kappa shape index (κ2) is 6.87. The minimum absolute atomic E-state index is 0.166. The van der Waals surface area contributed by atoms with Crippen molar-refractivity contribution in [2.24, 2.45) is 0 Å². The minimum atomic E-state index is -3.05. The van der Waals surface area contributed by atoms with Crippen molar-refractivity contribution in [1.29, 1.82) is 0 Å². The molecule has 2 aromatic rings. The molecule has 134 valence electrons. The highest BCUT2D eigenvalue weighted by Crippen LogP contribution is 2.28. The number of methoxy groups -OCH3 is 1. The number of amides is 1. The number of ether oxygens (including phenoxy) is 1. The number of aromatic nitrogens is 2. The Labute approximate surface area is 146 Å². The quantitative estimate of drug-likeness (QED) is 0.893. The first-order chi connectivity index (χ1) is 11.9. The number of hydrogen-bond donors (Lipinski definition) is 1. The zero-order valence-corrected chi connectivity index (χ0v) is 15.0. The monoisotopic (exact) mass is 363 g/mol. The number of sulfone groups is 1. The van der Waals surface area contributed by atoms with Crippen LogP contribution in [0.25, 0.3) is 11.3 Å². The Morgan fingerprint density at radius 3 is 2.60 bits per heavy atom. The van der Waals surface area contributed by atoms with Gasteiger partial charge in [-0.15, -0.1) is 0 Å². The van der Waals surface area contributed by atoms with Crippen molar-refractivity contribution in [2.75, 3.05) is 26.5 Å². The van der Waals surface area contributed by atoms with E-state index in [2.05, 4.69) is 10.2 Å². The van der Waals surface area contributed by atoms with E-state index < -0.39 is 9.84 Å². The third-order valence-electron chi connectivity index (χ3n) is 4.53. The van der Waals surface area contributed by atoms with Crippen molar-refractivity contribution in [1.82, 2.24) is 15.1 Å². The zero-order chi connectivity index (χ0) is 18.0. The van der Waals surface area contributed by atoms with E-state index in [0.29, 0.717) is 43.1 Å². The minimum Gasteiger partial charge on any atom is -0.496 e. The highest BCUT2D eigenvalue weighted by atomic mass is 32.2. The zero-order valence-electron chi connectivity index (χ0n) is 14.2. The number of benzene rings is 1. The van der Waals surface area contributed by atoms with Crippen LogP contribution in [0.15, 0.2) is 30.3 Å². The van der Waals surface area contributed by atoms with Gasteiger partial charge in [-0.2, -0.15) is 5.10 Å². The molecule has 1 aliphatic heterocycles. The normalized spacial score (nSPS) is 16.0. The second-order valence-electron chi connectivity index (χ2n) is 6.19. The van der Waals surface area contributed by atoms with E-state index in [-0.39, 0.29) is 11.2 Å². The fourth-order valence-corrected chi connectivity index (χ4v) is 4.15. The van der Waals surface area contributed by atoms with Gasteiger partial charge in [-0.3, -0.25) is 9.89 Å². The van der Waals surface area contributed by atoms with Crippen LogP contribution in [0, 0.1) is 0 Å². The van der Waals surface area contributed by atoms with Crippen LogP contribution in [0.3, 0.4) is 0 Å². The predicted molar refractivity (Wildman–Crippen MR) is 94.3 cm³/mol. The van der Waals surface area contributed by atoms with E-state index in [4.69, 9.17) is 4.74 Å². The number of piperidine rings is 1. The standard InChI is InChI=1S/C17H21N3O4S/c1-24-16-6-4-3-5-13(16)14-11-15(19-18-14)17(21)20-9-7-12(8-10-20)25(2,22)23/h3-6,11-12H,7-10H2,1-2H3,(H,18,19). The van der Waals surface area contributed by atoms with Crippen LogP contribution in [-0.4, -0.2) is 61.1 Å². The molecule has 0 radical (unpaired) electrons. The number of H-pyrrole nitrogens is 1. The summed E-state index contributed by atoms with van der Waals surface area (Å²) in [6, 6.07) is 9.15. The van der Waals surface area contributed by atoms with Gasteiger partial charge in [-0.05, 0) is 31.0 Å². The molecule has 7 nitrogen and oxygen atoms in total. The number of nitrogens with one attached hydrogen (secondary N) is 1. The Bertz CT molecular complexity index is 868. The van der Waals surface area contributed by atoms with Crippen LogP contribution in [0.2, 0.25) is 0 Å². The summed E-state index contributed by atoms with van der Waals surface area (Å²) in [5, 5.41) is 6.64. The summed E-state index contributed by atoms with van der Waals surface area (Å²) in [6.07, 6.45) is 2.19. The summed E-state index contributed by atoms with van der Waals surface area (Å²) in [5.41, 5.74) is 1.82. The third-order valence-corrected chi connectivity index (χ3v) is 6.21. The number of likely N-dealkylation sites (tertiary alicyclic amines) is 1. The van der Waals surface area contributed by atoms with Gasteiger partial charge in [0, 0.05) is 24.9 Å². The molecule has 1 aliphatic rings. The lowest BCUT2D eigenvalue weighted by Crippen LogP contribution is -2.42. The molecular weight excluding hydrogens is 342 g/mol. The van der Waals surface area contributed by atoms with Gasteiger partial charge in [0.15, 0.2) is 0 Å². The molecule has 1 N–H and O–H groups in total. The van der Waals surface area contributed by atoms with Gasteiger partial charge in [0.25, 0.3) is 5.91 Å². The van der Waals surface area contributed by atoms with Crippen LogP contribution in [0.5, 0.6) is 5.75 Å². The molecule has 1 aromatic carbocycles. The third kappa shape index (κ3) is 3.68. The highest BCUT2D eigenvalue weighted by Gasteiger charge is 2.29. The SMILES string of the molecule is COc1ccccc1-c1cc(C(=O)N2CCC(S(C)(=O)=O)CC2)[nH]n1. The van der Waals surface area contributed by atoms with Gasteiger partial charge in [-0.25, -0.2) is 8.42 Å². The van der Waals surface area contributed by atoms with Crippen molar-refractivity contribution in [3.63, 3.8) is 0 Å². The molecule has 25 heavy (non-hydrogen) atoms. The summed E-state index contributed by atoms with van der Waals surface area (Å²) in [5.74, 6) is 0.516. The fraction of sp³-hybridized carbons (Fsp3) is 0.412. The van der Waals surface area contributed by atoms with E-state index >= 15 is 0 Å². The molecule has 1 amide bonds. The first-order valence-electron chi connectivity index (χ1n) is 8.07. The summed E-state index contributed by atoms with van der Waals surface area (Å²) < 4.78 is 28.6. The molecule has 1 saturated heterocycles. The molecule has 0 saturated carbocycles. The number of carbonyl (C=O) groups is 1. The highest BCUT2D eigenvalue weighted by molar-refractivity contribution is 7.91. The second-order valence-corrected chi connectivity index (χ2v) is 8.51. The van der Waals surface area contributed by atoms with E-state index in [1.54, 1.807) is 18.1 Å². The van der Waals surface area contributed by atoms with Crippen molar-refractivity contribution in [2.45, 2.75) is 18.1 Å². The molecule has 3 rings (SSSR count). The van der Waals surface area contributed by atoms with Crippen molar-refractivity contribution in [3.05, 3.63) is 36.0 Å². The van der Waals surface area contributed by atoms with Gasteiger partial charge < -0.3 is 9.64 Å². The number of hydrogen-bond acceptors (Lipinski definition) is 5. The summed E-state index contributed by atoms with van der Waals surface area (Å²) >= 11 is 0. The van der Waals surface area contributed by atoms with Crippen LogP contribution in [0.1, 0.15) is 23.3 Å². The lowest BCUT2D eigenvalue weighted by molar-refractivity contribution is 0.0719. The van der Waals surface area contributed by atoms with Gasteiger partial charge >= 0.3 is 0 Å². The number of nitrogens with zero attached hydrogens (tertiary/aromatic N) is 2. The predicted octanol–water partition coefficient (Wildman–Crippen LogP) is 1.73. The fourth-order valence-electron chi connectivity index (χ4n) is 3.08. The maximum absolute atomic E-state index is 12.6. The van der Waals surface area contributed by atoms with Gasteiger partial charge in [0.05, 0.1) is 18.1 Å². The maximum atomic E-state index is 12.6. The molecule has 1 aromatic heterocycles. The molecule has 0 atom stereocenters. The first-order valence-corrected chi connectivity index (χ1v) is 10.0. The molecule has 0 spiro atoms. The Balaban J connectivity index is 1.74. The number of carbonyl (C=O) groups excluding carboxylic acids is 1. The van der Waals surface area contributed by atoms with Crippen LogP contribution >= 0.6 is 0 Å². The van der Waals surface area contributed by atoms with Crippen LogP contribution in [-0.2, 0) is 9.84 Å². The van der Waals surface area contributed by atoms with E-state index in [0.717, 1.165) is 5.56 Å². The molecule has 0 unspecified atom stereocenters. The van der Waals surface area contributed by atoms with E-state index in [9.17, 15) is 13.2 Å². The number of aromatic amines is 1. The Kier molecular flexibility index (Phi) is 4.80. The maximum Gasteiger partial charge on any atom is 0.271 e. The van der Waals surface area contributed by atoms with Crippen LogP contribution < -0.4 is 4.74 Å². The lowest BCUT2D eigenvalue weighted by Gasteiger charge is -2.30. The smallest absolute Gasteiger partial charge is 0.271 e. The summed E-state index contributed by atoms with van der Waals surface area (Å²) in [4.78, 5) is 14.3. The Hall–Kier alpha value is -2.35. The average molecular weight is 363 g/mol. The topological polar surface area (TPSA) is 92.4 Å². The van der Waals surface area contributed by atoms with Crippen molar-refractivity contribution < 1.29 is 17.9 Å². The largest absolute Gasteiger partial charge is 0.496 e. The van der Waals surface area contributed by atoms with E-state index in [1.165, 1.54) is 6.26 Å². The lowest BCUT2D eigenvalue weighted by atomic mass is 10.1.